The van der Waals surface area contributed by atoms with E-state index in [1.165, 1.54) is 15.6 Å². The minimum absolute atomic E-state index is 0.0848. The number of carbonyl (C=O) groups is 1. The third-order valence-corrected chi connectivity index (χ3v) is 8.66. The lowest BCUT2D eigenvalue weighted by atomic mass is 9.97. The molecule has 33 heavy (non-hydrogen) atoms. The first kappa shape index (κ1) is 21.8. The third-order valence-electron chi connectivity index (χ3n) is 5.91. The van der Waals surface area contributed by atoms with Gasteiger partial charge in [-0.3, -0.25) is 4.79 Å². The molecule has 0 aliphatic carbocycles. The molecular weight excluding hydrogens is 458 g/mol. The van der Waals surface area contributed by atoms with Gasteiger partial charge >= 0.3 is 0 Å². The van der Waals surface area contributed by atoms with E-state index in [4.69, 9.17) is 4.42 Å². The molecule has 0 saturated carbocycles. The highest BCUT2D eigenvalue weighted by Gasteiger charge is 2.32. The monoisotopic (exact) mass is 481 g/mol. The number of nitrogens with one attached hydrogen (secondary N) is 1. The second-order valence-corrected chi connectivity index (χ2v) is 10.9. The number of carbonyl (C=O) groups excluding carboxylic acids is 1. The summed E-state index contributed by atoms with van der Waals surface area (Å²) in [4.78, 5) is 18.3. The Labute approximate surface area is 196 Å². The van der Waals surface area contributed by atoms with E-state index in [1.54, 1.807) is 18.4 Å². The number of rotatable bonds is 6. The molecule has 0 radical (unpaired) electrons. The quantitative estimate of drug-likeness (QED) is 0.444. The normalized spacial score (nSPS) is 15.6. The molecule has 2 aromatic carbocycles. The molecule has 2 aromatic heterocycles. The minimum Gasteiger partial charge on any atom is -0.443 e. The van der Waals surface area contributed by atoms with Gasteiger partial charge in [0, 0.05) is 19.0 Å². The standard InChI is InChI=1S/C24H23N3O4S2/c28-23(25-15-20-16-31-24(26-20)22-6-3-13-32-22)18-9-11-27(12-10-18)33(29,30)21-8-7-17-4-1-2-5-19(17)14-21/h1-8,13-14,16,18H,9-12,15H2,(H,25,28). The van der Waals surface area contributed by atoms with Gasteiger partial charge in [0.05, 0.1) is 22.0 Å². The minimum atomic E-state index is -3.60. The van der Waals surface area contributed by atoms with Gasteiger partial charge in [0.2, 0.25) is 21.8 Å². The first-order valence-corrected chi connectivity index (χ1v) is 13.1. The fraction of sp³-hybridized carbons (Fsp3) is 0.250. The summed E-state index contributed by atoms with van der Waals surface area (Å²) in [6, 6.07) is 16.7. The summed E-state index contributed by atoms with van der Waals surface area (Å²) in [5.41, 5.74) is 0.656. The summed E-state index contributed by atoms with van der Waals surface area (Å²) in [5, 5.41) is 6.75. The van der Waals surface area contributed by atoms with Gasteiger partial charge in [-0.05, 0) is 47.2 Å². The SMILES string of the molecule is O=C(NCc1coc(-c2cccs2)n1)C1CCN(S(=O)(=O)c2ccc3ccccc3c2)CC1. The average Bonchev–Trinajstić information content (AvgIpc) is 3.54. The number of piperidine rings is 1. The van der Waals surface area contributed by atoms with Crippen molar-refractivity contribution in [3.63, 3.8) is 0 Å². The van der Waals surface area contributed by atoms with Crippen LogP contribution in [0.5, 0.6) is 0 Å². The summed E-state index contributed by atoms with van der Waals surface area (Å²) in [7, 11) is -3.60. The molecule has 1 fully saturated rings. The zero-order valence-corrected chi connectivity index (χ0v) is 19.4. The van der Waals surface area contributed by atoms with E-state index in [1.807, 2.05) is 47.8 Å². The van der Waals surface area contributed by atoms with Crippen LogP contribution in [-0.2, 0) is 21.4 Å². The Hall–Kier alpha value is -3.01. The lowest BCUT2D eigenvalue weighted by Gasteiger charge is -2.30. The number of thiophene rings is 1. The first-order valence-electron chi connectivity index (χ1n) is 10.8. The third kappa shape index (κ3) is 4.57. The maximum Gasteiger partial charge on any atom is 0.243 e. The number of oxazole rings is 1. The lowest BCUT2D eigenvalue weighted by Crippen LogP contribution is -2.42. The molecule has 0 unspecified atom stereocenters. The number of benzene rings is 2. The lowest BCUT2D eigenvalue weighted by molar-refractivity contribution is -0.126. The zero-order valence-electron chi connectivity index (χ0n) is 17.8. The van der Waals surface area contributed by atoms with E-state index >= 15 is 0 Å². The van der Waals surface area contributed by atoms with Crippen molar-refractivity contribution in [2.45, 2.75) is 24.3 Å². The number of amides is 1. The molecule has 1 aliphatic heterocycles. The molecule has 170 valence electrons. The van der Waals surface area contributed by atoms with Crippen LogP contribution in [0.1, 0.15) is 18.5 Å². The smallest absolute Gasteiger partial charge is 0.243 e. The number of sulfonamides is 1. The second kappa shape index (κ2) is 9.09. The molecule has 1 saturated heterocycles. The highest BCUT2D eigenvalue weighted by atomic mass is 32.2. The van der Waals surface area contributed by atoms with Gasteiger partial charge in [-0.2, -0.15) is 4.31 Å². The number of fused-ring (bicyclic) bond motifs is 1. The van der Waals surface area contributed by atoms with Crippen LogP contribution in [0.3, 0.4) is 0 Å². The van der Waals surface area contributed by atoms with Crippen LogP contribution in [0.25, 0.3) is 21.5 Å². The molecule has 1 N–H and O–H groups in total. The van der Waals surface area contributed by atoms with E-state index in [9.17, 15) is 13.2 Å². The number of hydrogen-bond donors (Lipinski definition) is 1. The maximum absolute atomic E-state index is 13.1. The molecule has 0 atom stereocenters. The topological polar surface area (TPSA) is 92.5 Å². The van der Waals surface area contributed by atoms with E-state index in [0.29, 0.717) is 37.5 Å². The van der Waals surface area contributed by atoms with Gasteiger partial charge < -0.3 is 9.73 Å². The zero-order chi connectivity index (χ0) is 22.8. The summed E-state index contributed by atoms with van der Waals surface area (Å²) in [6.45, 7) is 0.919. The van der Waals surface area contributed by atoms with Crippen LogP contribution in [0, 0.1) is 5.92 Å². The average molecular weight is 482 g/mol. The van der Waals surface area contributed by atoms with Crippen molar-refractivity contribution in [2.75, 3.05) is 13.1 Å². The Bertz CT molecular complexity index is 1370. The van der Waals surface area contributed by atoms with Crippen LogP contribution in [0.15, 0.2) is 75.6 Å². The van der Waals surface area contributed by atoms with Crippen molar-refractivity contribution < 1.29 is 17.6 Å². The van der Waals surface area contributed by atoms with Crippen LogP contribution >= 0.6 is 11.3 Å². The number of aromatic nitrogens is 1. The molecule has 5 rings (SSSR count). The van der Waals surface area contributed by atoms with Crippen molar-refractivity contribution in [1.82, 2.24) is 14.6 Å². The molecule has 7 nitrogen and oxygen atoms in total. The van der Waals surface area contributed by atoms with E-state index < -0.39 is 10.0 Å². The largest absolute Gasteiger partial charge is 0.443 e. The van der Waals surface area contributed by atoms with Gasteiger partial charge in [-0.25, -0.2) is 13.4 Å². The molecule has 9 heteroatoms. The molecule has 0 spiro atoms. The van der Waals surface area contributed by atoms with Crippen LogP contribution < -0.4 is 5.32 Å². The van der Waals surface area contributed by atoms with Crippen molar-refractivity contribution in [3.8, 4) is 10.8 Å². The molecule has 0 bridgehead atoms. The Kier molecular flexibility index (Phi) is 6.01. The Morgan fingerprint density at radius 1 is 1.09 bits per heavy atom. The Balaban J connectivity index is 1.17. The summed E-state index contributed by atoms with van der Waals surface area (Å²) < 4.78 is 33.2. The summed E-state index contributed by atoms with van der Waals surface area (Å²) in [6.07, 6.45) is 2.52. The summed E-state index contributed by atoms with van der Waals surface area (Å²) in [5.74, 6) is 0.233. The number of nitrogens with zero attached hydrogens (tertiary/aromatic N) is 2. The predicted molar refractivity (Wildman–Crippen MR) is 127 cm³/mol. The highest BCUT2D eigenvalue weighted by Crippen LogP contribution is 2.27. The fourth-order valence-electron chi connectivity index (χ4n) is 4.06. The molecule has 3 heterocycles. The predicted octanol–water partition coefficient (Wildman–Crippen LogP) is 4.27. The van der Waals surface area contributed by atoms with Crippen molar-refractivity contribution in [2.24, 2.45) is 5.92 Å². The number of hydrogen-bond acceptors (Lipinski definition) is 6. The summed E-state index contributed by atoms with van der Waals surface area (Å²) >= 11 is 1.54. The molecule has 1 aliphatic rings. The van der Waals surface area contributed by atoms with Crippen molar-refractivity contribution >= 4 is 38.0 Å². The highest BCUT2D eigenvalue weighted by molar-refractivity contribution is 7.89. The van der Waals surface area contributed by atoms with Crippen molar-refractivity contribution in [3.05, 3.63) is 71.9 Å². The molecule has 4 aromatic rings. The van der Waals surface area contributed by atoms with Crippen LogP contribution in [0.2, 0.25) is 0 Å². The van der Waals surface area contributed by atoms with Gasteiger partial charge in [0.25, 0.3) is 0 Å². The van der Waals surface area contributed by atoms with Crippen molar-refractivity contribution in [1.29, 1.82) is 0 Å². The molecule has 1 amide bonds. The van der Waals surface area contributed by atoms with E-state index in [0.717, 1.165) is 15.6 Å². The van der Waals surface area contributed by atoms with Crippen LogP contribution in [0.4, 0.5) is 0 Å². The van der Waals surface area contributed by atoms with Gasteiger partial charge in [0.1, 0.15) is 6.26 Å². The second-order valence-electron chi connectivity index (χ2n) is 8.03. The molecular formula is C24H23N3O4S2. The van der Waals surface area contributed by atoms with Gasteiger partial charge in [0.15, 0.2) is 0 Å². The Morgan fingerprint density at radius 3 is 2.64 bits per heavy atom. The van der Waals surface area contributed by atoms with Crippen LogP contribution in [-0.4, -0.2) is 36.7 Å². The van der Waals surface area contributed by atoms with E-state index in [2.05, 4.69) is 10.3 Å². The Morgan fingerprint density at radius 2 is 1.88 bits per heavy atom. The van der Waals surface area contributed by atoms with E-state index in [-0.39, 0.29) is 23.3 Å². The maximum atomic E-state index is 13.1. The first-order chi connectivity index (χ1) is 16.0. The van der Waals surface area contributed by atoms with Gasteiger partial charge in [-0.1, -0.05) is 36.4 Å². The fourth-order valence-corrected chi connectivity index (χ4v) is 6.22. The van der Waals surface area contributed by atoms with Gasteiger partial charge in [-0.15, -0.1) is 11.3 Å².